The van der Waals surface area contributed by atoms with E-state index in [4.69, 9.17) is 0 Å². The maximum absolute atomic E-state index is 4.26. The van der Waals surface area contributed by atoms with Crippen molar-refractivity contribution >= 4 is 24.0 Å². The average molecular weight is 198 g/mol. The molecule has 0 unspecified atom stereocenters. The van der Waals surface area contributed by atoms with Crippen molar-refractivity contribution < 1.29 is 0 Å². The highest BCUT2D eigenvalue weighted by Crippen LogP contribution is 2.29. The molecule has 0 saturated heterocycles. The predicted octanol–water partition coefficient (Wildman–Crippen LogP) is 3.10. The van der Waals surface area contributed by atoms with Crippen molar-refractivity contribution in [1.82, 2.24) is 0 Å². The van der Waals surface area contributed by atoms with E-state index in [1.807, 2.05) is 11.3 Å². The first kappa shape index (κ1) is 8.64. The highest BCUT2D eigenvalue weighted by Gasteiger charge is 2.12. The van der Waals surface area contributed by atoms with Crippen molar-refractivity contribution in [1.29, 1.82) is 0 Å². The number of fused-ring (bicyclic) bond motifs is 1. The molecule has 0 spiro atoms. The van der Waals surface area contributed by atoms with Gasteiger partial charge in [0.15, 0.2) is 0 Å². The minimum absolute atomic E-state index is 0.986. The molecule has 12 heavy (non-hydrogen) atoms. The Labute approximate surface area is 83.4 Å². The summed E-state index contributed by atoms with van der Waals surface area (Å²) < 4.78 is 0. The van der Waals surface area contributed by atoms with Crippen molar-refractivity contribution in [3.05, 3.63) is 21.4 Å². The van der Waals surface area contributed by atoms with Crippen LogP contribution < -0.4 is 0 Å². The molecule has 2 rings (SSSR count). The number of aryl methyl sites for hydroxylation is 3. The second-order valence-electron chi connectivity index (χ2n) is 3.34. The van der Waals surface area contributed by atoms with Crippen LogP contribution in [0.15, 0.2) is 6.07 Å². The predicted molar refractivity (Wildman–Crippen MR) is 58.5 cm³/mol. The van der Waals surface area contributed by atoms with E-state index < -0.39 is 0 Å². The molecule has 0 radical (unpaired) electrons. The molecule has 1 heterocycles. The van der Waals surface area contributed by atoms with Crippen LogP contribution in [-0.2, 0) is 19.3 Å². The van der Waals surface area contributed by atoms with E-state index in [1.165, 1.54) is 30.6 Å². The molecule has 0 N–H and O–H groups in total. The van der Waals surface area contributed by atoms with Crippen LogP contribution in [0.2, 0.25) is 0 Å². The van der Waals surface area contributed by atoms with Gasteiger partial charge >= 0.3 is 0 Å². The molecule has 0 atom stereocenters. The maximum Gasteiger partial charge on any atom is 0.00801 e. The Kier molecular flexibility index (Phi) is 2.76. The van der Waals surface area contributed by atoms with Crippen molar-refractivity contribution in [2.45, 2.75) is 32.1 Å². The molecule has 1 aliphatic carbocycles. The molecule has 0 bridgehead atoms. The number of thiophene rings is 1. The third-order valence-corrected chi connectivity index (χ3v) is 3.93. The van der Waals surface area contributed by atoms with Crippen LogP contribution in [-0.4, -0.2) is 5.75 Å². The van der Waals surface area contributed by atoms with Crippen molar-refractivity contribution in [3.63, 3.8) is 0 Å². The van der Waals surface area contributed by atoms with E-state index in [0.717, 1.165) is 12.2 Å². The Bertz CT molecular complexity index is 239. The van der Waals surface area contributed by atoms with E-state index in [-0.39, 0.29) is 0 Å². The average Bonchev–Trinajstić information content (AvgIpc) is 2.47. The van der Waals surface area contributed by atoms with E-state index in [9.17, 15) is 0 Å². The standard InChI is InChI=1S/C10H14S2/c11-6-5-9-7-8-3-1-2-4-10(8)12-9/h7,11H,1-6H2. The lowest BCUT2D eigenvalue weighted by atomic mass is 9.99. The highest BCUT2D eigenvalue weighted by atomic mass is 32.1. The van der Waals surface area contributed by atoms with E-state index in [0.29, 0.717) is 0 Å². The van der Waals surface area contributed by atoms with Gasteiger partial charge in [0.1, 0.15) is 0 Å². The SMILES string of the molecule is SCCc1cc2c(s1)CCCC2. The van der Waals surface area contributed by atoms with Gasteiger partial charge in [0.2, 0.25) is 0 Å². The summed E-state index contributed by atoms with van der Waals surface area (Å²) in [7, 11) is 0. The topological polar surface area (TPSA) is 0 Å². The minimum atomic E-state index is 0.986. The Morgan fingerprint density at radius 2 is 2.17 bits per heavy atom. The molecule has 0 aromatic carbocycles. The summed E-state index contributed by atoms with van der Waals surface area (Å²) in [6, 6.07) is 2.40. The van der Waals surface area contributed by atoms with Crippen molar-refractivity contribution in [2.75, 3.05) is 5.75 Å². The van der Waals surface area contributed by atoms with Gasteiger partial charge in [0.05, 0.1) is 0 Å². The number of rotatable bonds is 2. The van der Waals surface area contributed by atoms with Gasteiger partial charge in [-0.2, -0.15) is 12.6 Å². The molecular weight excluding hydrogens is 184 g/mol. The summed E-state index contributed by atoms with van der Waals surface area (Å²) in [6.45, 7) is 0. The first-order valence-corrected chi connectivity index (χ1v) is 6.06. The zero-order chi connectivity index (χ0) is 8.39. The van der Waals surface area contributed by atoms with Gasteiger partial charge < -0.3 is 0 Å². The molecule has 1 aromatic heterocycles. The van der Waals surface area contributed by atoms with E-state index in [2.05, 4.69) is 18.7 Å². The molecule has 1 aliphatic rings. The number of hydrogen-bond donors (Lipinski definition) is 1. The smallest absolute Gasteiger partial charge is 0.00801 e. The Balaban J connectivity index is 2.20. The lowest BCUT2D eigenvalue weighted by Gasteiger charge is -2.08. The fourth-order valence-electron chi connectivity index (χ4n) is 1.79. The molecule has 0 saturated carbocycles. The summed E-state index contributed by atoms with van der Waals surface area (Å²) in [5.74, 6) is 0.986. The van der Waals surface area contributed by atoms with Gasteiger partial charge in [0.25, 0.3) is 0 Å². The van der Waals surface area contributed by atoms with E-state index >= 15 is 0 Å². The third kappa shape index (κ3) is 1.69. The molecule has 0 fully saturated rings. The van der Waals surface area contributed by atoms with Crippen LogP contribution in [0.3, 0.4) is 0 Å². The van der Waals surface area contributed by atoms with Gasteiger partial charge in [-0.3, -0.25) is 0 Å². The first-order valence-electron chi connectivity index (χ1n) is 4.61. The molecule has 66 valence electrons. The number of thiol groups is 1. The second kappa shape index (κ2) is 3.84. The van der Waals surface area contributed by atoms with Crippen LogP contribution in [0.5, 0.6) is 0 Å². The number of hydrogen-bond acceptors (Lipinski definition) is 2. The highest BCUT2D eigenvalue weighted by molar-refractivity contribution is 7.80. The summed E-state index contributed by atoms with van der Waals surface area (Å²) in [4.78, 5) is 3.19. The van der Waals surface area contributed by atoms with E-state index in [1.54, 1.807) is 10.4 Å². The Morgan fingerprint density at radius 1 is 1.33 bits per heavy atom. The molecular formula is C10H14S2. The second-order valence-corrected chi connectivity index (χ2v) is 5.01. The van der Waals surface area contributed by atoms with Crippen LogP contribution in [0.25, 0.3) is 0 Å². The monoisotopic (exact) mass is 198 g/mol. The lowest BCUT2D eigenvalue weighted by Crippen LogP contribution is -1.96. The Morgan fingerprint density at radius 3 is 2.92 bits per heavy atom. The zero-order valence-corrected chi connectivity index (χ0v) is 8.89. The van der Waals surface area contributed by atoms with Gasteiger partial charge in [-0.15, -0.1) is 11.3 Å². The summed E-state index contributed by atoms with van der Waals surface area (Å²) in [5.41, 5.74) is 1.63. The van der Waals surface area contributed by atoms with Crippen LogP contribution in [0.1, 0.15) is 28.2 Å². The van der Waals surface area contributed by atoms with Crippen LogP contribution in [0.4, 0.5) is 0 Å². The normalized spacial score (nSPS) is 16.1. The fourth-order valence-corrected chi connectivity index (χ4v) is 3.44. The lowest BCUT2D eigenvalue weighted by molar-refractivity contribution is 0.697. The summed E-state index contributed by atoms with van der Waals surface area (Å²) >= 11 is 6.27. The molecule has 0 amide bonds. The van der Waals surface area contributed by atoms with Gasteiger partial charge in [-0.05, 0) is 49.5 Å². The molecule has 0 aliphatic heterocycles. The fraction of sp³-hybridized carbons (Fsp3) is 0.600. The largest absolute Gasteiger partial charge is 0.179 e. The quantitative estimate of drug-likeness (QED) is 0.694. The van der Waals surface area contributed by atoms with Crippen LogP contribution in [0, 0.1) is 0 Å². The molecule has 2 heteroatoms. The first-order chi connectivity index (χ1) is 5.90. The minimum Gasteiger partial charge on any atom is -0.179 e. The molecule has 1 aromatic rings. The van der Waals surface area contributed by atoms with Crippen molar-refractivity contribution in [2.24, 2.45) is 0 Å². The van der Waals surface area contributed by atoms with Gasteiger partial charge in [0, 0.05) is 9.75 Å². The van der Waals surface area contributed by atoms with Gasteiger partial charge in [-0.25, -0.2) is 0 Å². The zero-order valence-electron chi connectivity index (χ0n) is 7.18. The summed E-state index contributed by atoms with van der Waals surface area (Å²) in [6.07, 6.45) is 6.59. The third-order valence-electron chi connectivity index (χ3n) is 2.41. The van der Waals surface area contributed by atoms with Gasteiger partial charge in [-0.1, -0.05) is 0 Å². The van der Waals surface area contributed by atoms with Crippen LogP contribution >= 0.6 is 24.0 Å². The Hall–Kier alpha value is 0.0500. The molecule has 0 nitrogen and oxygen atoms in total. The maximum atomic E-state index is 4.26. The van der Waals surface area contributed by atoms with Crippen molar-refractivity contribution in [3.8, 4) is 0 Å². The summed E-state index contributed by atoms with van der Waals surface area (Å²) in [5, 5.41) is 0.